The van der Waals surface area contributed by atoms with Crippen molar-refractivity contribution in [3.05, 3.63) is 59.8 Å². The van der Waals surface area contributed by atoms with Gasteiger partial charge in [0.05, 0.1) is 10.9 Å². The summed E-state index contributed by atoms with van der Waals surface area (Å²) in [7, 11) is 0. The van der Waals surface area contributed by atoms with Crippen molar-refractivity contribution in [3.63, 3.8) is 0 Å². The summed E-state index contributed by atoms with van der Waals surface area (Å²) in [5, 5.41) is 10.2. The maximum absolute atomic E-state index is 12.7. The number of aromatic carboxylic acids is 1. The number of fused-ring (bicyclic) bond motifs is 1. The van der Waals surface area contributed by atoms with Crippen LogP contribution in [0.5, 0.6) is 5.75 Å². The number of benzene rings is 2. The lowest BCUT2D eigenvalue weighted by atomic mass is 9.96. The molecule has 0 radical (unpaired) electrons. The van der Waals surface area contributed by atoms with Gasteiger partial charge >= 0.3 is 18.3 Å². The van der Waals surface area contributed by atoms with E-state index in [1.807, 2.05) is 26.8 Å². The van der Waals surface area contributed by atoms with Crippen molar-refractivity contribution in [1.82, 2.24) is 4.57 Å². The molecule has 6 nitrogen and oxygen atoms in total. The molecule has 180 valence electrons. The third kappa shape index (κ3) is 5.03. The number of hydrogen-bond acceptors (Lipinski definition) is 4. The molecule has 0 amide bonds. The van der Waals surface area contributed by atoms with Gasteiger partial charge in [-0.3, -0.25) is 4.79 Å². The predicted molar refractivity (Wildman–Crippen MR) is 118 cm³/mol. The molecule has 1 aliphatic carbocycles. The molecule has 0 spiro atoms. The van der Waals surface area contributed by atoms with E-state index in [1.54, 1.807) is 18.2 Å². The summed E-state index contributed by atoms with van der Waals surface area (Å²) in [4.78, 5) is 24.7. The molecule has 34 heavy (non-hydrogen) atoms. The molecule has 0 aliphatic heterocycles. The van der Waals surface area contributed by atoms with Gasteiger partial charge in [-0.2, -0.15) is 0 Å². The number of alkyl halides is 3. The molecule has 1 fully saturated rings. The lowest BCUT2D eigenvalue weighted by Crippen LogP contribution is -2.30. The van der Waals surface area contributed by atoms with Crippen molar-refractivity contribution >= 4 is 22.8 Å². The van der Waals surface area contributed by atoms with E-state index in [9.17, 15) is 27.9 Å². The number of aromatic nitrogens is 1. The highest BCUT2D eigenvalue weighted by molar-refractivity contribution is 5.96. The number of carboxylic acid groups (broad SMARTS) is 1. The van der Waals surface area contributed by atoms with Crippen LogP contribution in [0.25, 0.3) is 16.6 Å². The van der Waals surface area contributed by atoms with Gasteiger partial charge in [0.2, 0.25) is 0 Å². The fourth-order valence-corrected chi connectivity index (χ4v) is 4.00. The molecule has 0 saturated heterocycles. The van der Waals surface area contributed by atoms with Gasteiger partial charge in [0.25, 0.3) is 0 Å². The Kier molecular flexibility index (Phi) is 5.62. The standard InChI is InChI=1S/C25H24F3NO5/c1-23(2,3)34-22(32)24(9-10-24)14-15-5-4-6-17(11-15)29-19-13-18(33-25(26,27)28)8-7-16(19)12-20(29)21(30)31/h4-8,11-13H,9-10,14H2,1-3H3,(H,30,31). The molecular formula is C25H24F3NO5. The SMILES string of the molecule is CC(C)(C)OC(=O)C1(Cc2cccc(-n3c(C(=O)O)cc4ccc(OC(F)(F)F)cc43)c2)CC1. The Bertz CT molecular complexity index is 1270. The molecule has 1 aromatic heterocycles. The normalized spacial score (nSPS) is 15.2. The number of ether oxygens (including phenoxy) is 2. The highest BCUT2D eigenvalue weighted by atomic mass is 19.4. The summed E-state index contributed by atoms with van der Waals surface area (Å²) in [6.07, 6.45) is -3.07. The second-order valence-electron chi connectivity index (χ2n) is 9.57. The van der Waals surface area contributed by atoms with Crippen LogP contribution in [-0.2, 0) is 16.0 Å². The molecule has 0 bridgehead atoms. The van der Waals surface area contributed by atoms with Gasteiger partial charge in [0, 0.05) is 17.1 Å². The van der Waals surface area contributed by atoms with E-state index in [0.717, 1.165) is 17.7 Å². The number of carbonyl (C=O) groups is 2. The first-order valence-corrected chi connectivity index (χ1v) is 10.7. The van der Waals surface area contributed by atoms with Crippen LogP contribution in [0, 0.1) is 5.41 Å². The summed E-state index contributed by atoms with van der Waals surface area (Å²) in [6, 6.07) is 12.0. The fourth-order valence-electron chi connectivity index (χ4n) is 4.00. The number of hydrogen-bond donors (Lipinski definition) is 1. The molecule has 1 saturated carbocycles. The van der Waals surface area contributed by atoms with E-state index < -0.39 is 29.1 Å². The zero-order valence-electron chi connectivity index (χ0n) is 18.9. The lowest BCUT2D eigenvalue weighted by molar-refractivity contribution is -0.274. The summed E-state index contributed by atoms with van der Waals surface area (Å²) in [6.45, 7) is 5.43. The Morgan fingerprint density at radius 3 is 2.35 bits per heavy atom. The van der Waals surface area contributed by atoms with E-state index in [1.165, 1.54) is 16.7 Å². The molecule has 1 heterocycles. The van der Waals surface area contributed by atoms with Gasteiger partial charge < -0.3 is 19.1 Å². The predicted octanol–water partition coefficient (Wildman–Crippen LogP) is 5.89. The number of nitrogens with zero attached hydrogens (tertiary/aromatic N) is 1. The maximum Gasteiger partial charge on any atom is 0.573 e. The first kappa shape index (κ1) is 23.7. The lowest BCUT2D eigenvalue weighted by Gasteiger charge is -2.24. The largest absolute Gasteiger partial charge is 0.573 e. The van der Waals surface area contributed by atoms with Crippen molar-refractivity contribution in [2.24, 2.45) is 5.41 Å². The fraction of sp³-hybridized carbons (Fsp3) is 0.360. The number of carbonyl (C=O) groups excluding carboxylic acids is 1. The molecular weight excluding hydrogens is 451 g/mol. The van der Waals surface area contributed by atoms with Crippen molar-refractivity contribution in [2.75, 3.05) is 0 Å². The molecule has 1 N–H and O–H groups in total. The molecule has 4 rings (SSSR count). The van der Waals surface area contributed by atoms with Crippen molar-refractivity contribution in [2.45, 2.75) is 52.0 Å². The van der Waals surface area contributed by atoms with E-state index >= 15 is 0 Å². The van der Waals surface area contributed by atoms with Crippen molar-refractivity contribution in [1.29, 1.82) is 0 Å². The molecule has 3 aromatic rings. The summed E-state index contributed by atoms with van der Waals surface area (Å²) in [5.74, 6) is -1.95. The minimum absolute atomic E-state index is 0.107. The quantitative estimate of drug-likeness (QED) is 0.450. The molecule has 1 aliphatic rings. The topological polar surface area (TPSA) is 77.8 Å². The third-order valence-corrected chi connectivity index (χ3v) is 5.63. The third-order valence-electron chi connectivity index (χ3n) is 5.63. The Labute approximate surface area is 193 Å². The maximum atomic E-state index is 12.7. The molecule has 2 aromatic carbocycles. The van der Waals surface area contributed by atoms with E-state index in [-0.39, 0.29) is 17.2 Å². The van der Waals surface area contributed by atoms with Crippen LogP contribution in [0.4, 0.5) is 13.2 Å². The Balaban J connectivity index is 1.73. The number of carboxylic acids is 1. The van der Waals surface area contributed by atoms with Crippen LogP contribution in [0.1, 0.15) is 49.7 Å². The van der Waals surface area contributed by atoms with Crippen molar-refractivity contribution < 1.29 is 37.3 Å². The van der Waals surface area contributed by atoms with Crippen molar-refractivity contribution in [3.8, 4) is 11.4 Å². The highest BCUT2D eigenvalue weighted by Gasteiger charge is 2.52. The van der Waals surface area contributed by atoms with Crippen LogP contribution < -0.4 is 4.74 Å². The van der Waals surface area contributed by atoms with Crippen LogP contribution in [-0.4, -0.2) is 33.6 Å². The zero-order chi connectivity index (χ0) is 24.9. The first-order chi connectivity index (χ1) is 15.8. The number of halogens is 3. The van der Waals surface area contributed by atoms with Gasteiger partial charge in [-0.15, -0.1) is 13.2 Å². The van der Waals surface area contributed by atoms with Gasteiger partial charge in [-0.25, -0.2) is 4.79 Å². The molecule has 0 atom stereocenters. The number of esters is 1. The first-order valence-electron chi connectivity index (χ1n) is 10.7. The molecule has 9 heteroatoms. The monoisotopic (exact) mass is 475 g/mol. The average Bonchev–Trinajstić information content (AvgIpc) is 3.37. The molecule has 0 unspecified atom stereocenters. The smallest absolute Gasteiger partial charge is 0.477 e. The highest BCUT2D eigenvalue weighted by Crippen LogP contribution is 2.50. The van der Waals surface area contributed by atoms with Crippen LogP contribution in [0.15, 0.2) is 48.5 Å². The van der Waals surface area contributed by atoms with Gasteiger partial charge in [-0.05, 0) is 75.9 Å². The minimum Gasteiger partial charge on any atom is -0.477 e. The second-order valence-corrected chi connectivity index (χ2v) is 9.57. The zero-order valence-corrected chi connectivity index (χ0v) is 18.9. The Morgan fingerprint density at radius 1 is 1.06 bits per heavy atom. The van der Waals surface area contributed by atoms with E-state index in [2.05, 4.69) is 4.74 Å². The average molecular weight is 475 g/mol. The van der Waals surface area contributed by atoms with Crippen LogP contribution in [0.2, 0.25) is 0 Å². The van der Waals surface area contributed by atoms with Gasteiger partial charge in [0.1, 0.15) is 17.0 Å². The van der Waals surface area contributed by atoms with Crippen LogP contribution in [0.3, 0.4) is 0 Å². The Morgan fingerprint density at radius 2 is 1.76 bits per heavy atom. The summed E-state index contributed by atoms with van der Waals surface area (Å²) >= 11 is 0. The summed E-state index contributed by atoms with van der Waals surface area (Å²) in [5.41, 5.74) is 0.170. The minimum atomic E-state index is -4.87. The van der Waals surface area contributed by atoms with Gasteiger partial charge in [0.15, 0.2) is 0 Å². The van der Waals surface area contributed by atoms with Crippen LogP contribution >= 0.6 is 0 Å². The number of rotatable bonds is 6. The van der Waals surface area contributed by atoms with E-state index in [0.29, 0.717) is 30.3 Å². The van der Waals surface area contributed by atoms with Gasteiger partial charge in [-0.1, -0.05) is 12.1 Å². The second kappa shape index (κ2) is 8.07. The van der Waals surface area contributed by atoms with E-state index in [4.69, 9.17) is 4.74 Å². The Hall–Kier alpha value is -3.49. The summed E-state index contributed by atoms with van der Waals surface area (Å²) < 4.78 is 49.1.